The average molecular weight is 566 g/mol. The molecule has 0 bridgehead atoms. The molecule has 0 radical (unpaired) electrons. The normalized spacial score (nSPS) is 22.9. The second-order valence-electron chi connectivity index (χ2n) is 12.1. The van der Waals surface area contributed by atoms with Gasteiger partial charge in [0.1, 0.15) is 11.9 Å². The van der Waals surface area contributed by atoms with Crippen LogP contribution in [0.4, 0.5) is 11.5 Å². The van der Waals surface area contributed by atoms with E-state index in [-0.39, 0.29) is 12.1 Å². The molecular formula is C34H43N7O. The molecule has 3 atom stereocenters. The molecule has 1 saturated heterocycles. The quantitative estimate of drug-likeness (QED) is 0.378. The van der Waals surface area contributed by atoms with Crippen LogP contribution in [0.3, 0.4) is 0 Å². The van der Waals surface area contributed by atoms with Crippen molar-refractivity contribution in [2.24, 2.45) is 0 Å². The topological polar surface area (TPSA) is 71.8 Å². The predicted octanol–water partition coefficient (Wildman–Crippen LogP) is 5.38. The number of hydrogen-bond donors (Lipinski definition) is 0. The van der Waals surface area contributed by atoms with Gasteiger partial charge in [0.15, 0.2) is 0 Å². The Kier molecular flexibility index (Phi) is 8.48. The maximum atomic E-state index is 9.59. The second kappa shape index (κ2) is 12.6. The molecule has 220 valence electrons. The van der Waals surface area contributed by atoms with E-state index >= 15 is 0 Å². The molecule has 6 rings (SSSR count). The summed E-state index contributed by atoms with van der Waals surface area (Å²) in [4.78, 5) is 19.7. The maximum Gasteiger partial charge on any atom is 0.319 e. The molecule has 1 saturated carbocycles. The highest BCUT2D eigenvalue weighted by molar-refractivity contribution is 5.94. The number of rotatable bonds is 7. The number of aromatic nitrogens is 2. The largest absolute Gasteiger partial charge is 0.458 e. The summed E-state index contributed by atoms with van der Waals surface area (Å²) in [7, 11) is 4.29. The molecule has 3 heterocycles. The number of likely N-dealkylation sites (N-methyl/N-ethyl adjacent to an activating group) is 1. The number of nitrogens with zero attached hydrogens (tertiary/aromatic N) is 7. The van der Waals surface area contributed by atoms with E-state index in [1.807, 2.05) is 6.92 Å². The Hall–Kier alpha value is -3.83. The molecule has 8 heteroatoms. The molecule has 42 heavy (non-hydrogen) atoms. The van der Waals surface area contributed by atoms with E-state index in [1.54, 1.807) is 0 Å². The first-order chi connectivity index (χ1) is 20.6. The minimum atomic E-state index is 0.0790. The second-order valence-corrected chi connectivity index (χ2v) is 12.1. The standard InChI is InChI=1S/C34H43N7O/c1-4-19-39-21-22-41(23-26(39)16-18-35)33-28-17-20-40(30-14-9-11-25-10-5-6-12-27(25)30)24-29(28)36-34(37-33)42-32-15-8-7-13-31(32)38(2)3/h4-6,9-12,14,19,26,31-32H,7-8,13,15-17,20-24H2,1-3H3. The van der Waals surface area contributed by atoms with Crippen LogP contribution < -0.4 is 14.5 Å². The predicted molar refractivity (Wildman–Crippen MR) is 169 cm³/mol. The maximum absolute atomic E-state index is 9.59. The molecule has 8 nitrogen and oxygen atoms in total. The summed E-state index contributed by atoms with van der Waals surface area (Å²) < 4.78 is 6.69. The van der Waals surface area contributed by atoms with Crippen LogP contribution in [0, 0.1) is 11.3 Å². The fourth-order valence-electron chi connectivity index (χ4n) is 7.07. The van der Waals surface area contributed by atoms with Crippen molar-refractivity contribution in [1.29, 1.82) is 5.26 Å². The SMILES string of the molecule is CC=CN1CCN(c2nc(OC3CCCCC3N(C)C)nc3c2CCN(c2cccc4ccccc24)C3)CC1CC#N. The number of benzene rings is 2. The van der Waals surface area contributed by atoms with Gasteiger partial charge in [-0.2, -0.15) is 15.2 Å². The van der Waals surface area contributed by atoms with Crippen LogP contribution in [0.1, 0.15) is 50.3 Å². The third-order valence-corrected chi connectivity index (χ3v) is 9.21. The highest BCUT2D eigenvalue weighted by atomic mass is 16.5. The zero-order valence-electron chi connectivity index (χ0n) is 25.2. The number of ether oxygens (including phenoxy) is 1. The Morgan fingerprint density at radius 2 is 1.86 bits per heavy atom. The van der Waals surface area contributed by atoms with E-state index in [9.17, 15) is 5.26 Å². The van der Waals surface area contributed by atoms with Gasteiger partial charge >= 0.3 is 6.01 Å². The van der Waals surface area contributed by atoms with Crippen molar-refractivity contribution in [1.82, 2.24) is 19.8 Å². The van der Waals surface area contributed by atoms with Crippen LogP contribution in [-0.4, -0.2) is 78.2 Å². The lowest BCUT2D eigenvalue weighted by atomic mass is 9.92. The lowest BCUT2D eigenvalue weighted by Crippen LogP contribution is -2.51. The van der Waals surface area contributed by atoms with Gasteiger partial charge in [-0.25, -0.2) is 0 Å². The molecule has 2 aromatic carbocycles. The number of piperazine rings is 1. The molecule has 3 unspecified atom stereocenters. The fraction of sp³-hybridized carbons (Fsp3) is 0.500. The van der Waals surface area contributed by atoms with Gasteiger partial charge in [0.2, 0.25) is 0 Å². The average Bonchev–Trinajstić information content (AvgIpc) is 3.01. The summed E-state index contributed by atoms with van der Waals surface area (Å²) in [5.74, 6) is 0.993. The van der Waals surface area contributed by atoms with Crippen LogP contribution >= 0.6 is 0 Å². The van der Waals surface area contributed by atoms with Crippen molar-refractivity contribution in [3.63, 3.8) is 0 Å². The van der Waals surface area contributed by atoms with Crippen molar-refractivity contribution in [2.45, 2.75) is 70.2 Å². The van der Waals surface area contributed by atoms with E-state index in [2.05, 4.69) is 94.5 Å². The third-order valence-electron chi connectivity index (χ3n) is 9.21. The van der Waals surface area contributed by atoms with Crippen LogP contribution in [-0.2, 0) is 13.0 Å². The molecule has 0 spiro atoms. The molecule has 3 aliphatic rings. The zero-order valence-corrected chi connectivity index (χ0v) is 25.2. The van der Waals surface area contributed by atoms with Gasteiger partial charge < -0.3 is 24.3 Å². The number of allylic oxidation sites excluding steroid dienone is 1. The number of fused-ring (bicyclic) bond motifs is 2. The first-order valence-electron chi connectivity index (χ1n) is 15.5. The molecular weight excluding hydrogens is 522 g/mol. The Labute approximate surface area is 250 Å². The lowest BCUT2D eigenvalue weighted by Gasteiger charge is -2.42. The lowest BCUT2D eigenvalue weighted by molar-refractivity contribution is 0.0549. The first kappa shape index (κ1) is 28.3. The highest BCUT2D eigenvalue weighted by Gasteiger charge is 2.33. The van der Waals surface area contributed by atoms with E-state index in [0.29, 0.717) is 18.5 Å². The molecule has 1 aliphatic carbocycles. The Bertz CT molecular complexity index is 1460. The third kappa shape index (κ3) is 5.76. The number of anilines is 2. The van der Waals surface area contributed by atoms with E-state index < -0.39 is 0 Å². The van der Waals surface area contributed by atoms with Gasteiger partial charge in [-0.1, -0.05) is 48.9 Å². The monoisotopic (exact) mass is 565 g/mol. The minimum absolute atomic E-state index is 0.0790. The number of nitriles is 1. The van der Waals surface area contributed by atoms with Crippen molar-refractivity contribution in [2.75, 3.05) is 50.1 Å². The van der Waals surface area contributed by atoms with Crippen molar-refractivity contribution in [3.05, 3.63) is 66.0 Å². The highest BCUT2D eigenvalue weighted by Crippen LogP contribution is 2.35. The van der Waals surface area contributed by atoms with Gasteiger partial charge in [-0.05, 0) is 64.4 Å². The summed E-state index contributed by atoms with van der Waals surface area (Å²) in [6.07, 6.45) is 10.2. The van der Waals surface area contributed by atoms with Crippen LogP contribution in [0.2, 0.25) is 0 Å². The van der Waals surface area contributed by atoms with Gasteiger partial charge in [-0.15, -0.1) is 0 Å². The minimum Gasteiger partial charge on any atom is -0.458 e. The van der Waals surface area contributed by atoms with E-state index in [4.69, 9.17) is 14.7 Å². The molecule has 3 aromatic rings. The summed E-state index contributed by atoms with van der Waals surface area (Å²) in [5, 5.41) is 12.1. The van der Waals surface area contributed by atoms with Gasteiger partial charge in [0.25, 0.3) is 0 Å². The molecule has 2 fully saturated rings. The van der Waals surface area contributed by atoms with Crippen molar-refractivity contribution < 1.29 is 4.74 Å². The Morgan fingerprint density at radius 1 is 1.02 bits per heavy atom. The van der Waals surface area contributed by atoms with Crippen LogP contribution in [0.25, 0.3) is 10.8 Å². The summed E-state index contributed by atoms with van der Waals surface area (Å²) in [6, 6.07) is 18.6. The first-order valence-corrected chi connectivity index (χ1v) is 15.5. The fourth-order valence-corrected chi connectivity index (χ4v) is 7.07. The Morgan fingerprint density at radius 3 is 2.69 bits per heavy atom. The van der Waals surface area contributed by atoms with Crippen molar-refractivity contribution in [3.8, 4) is 12.1 Å². The summed E-state index contributed by atoms with van der Waals surface area (Å²) in [6.45, 7) is 6.14. The summed E-state index contributed by atoms with van der Waals surface area (Å²) >= 11 is 0. The Balaban J connectivity index is 1.36. The zero-order chi connectivity index (χ0) is 29.1. The van der Waals surface area contributed by atoms with Gasteiger partial charge in [0, 0.05) is 48.9 Å². The molecule has 0 amide bonds. The molecule has 2 aliphatic heterocycles. The van der Waals surface area contributed by atoms with Crippen molar-refractivity contribution >= 4 is 22.3 Å². The summed E-state index contributed by atoms with van der Waals surface area (Å²) in [5.41, 5.74) is 3.52. The van der Waals surface area contributed by atoms with Gasteiger partial charge in [0.05, 0.1) is 30.8 Å². The van der Waals surface area contributed by atoms with Crippen LogP contribution in [0.5, 0.6) is 6.01 Å². The van der Waals surface area contributed by atoms with Gasteiger partial charge in [-0.3, -0.25) is 0 Å². The number of hydrogen-bond acceptors (Lipinski definition) is 8. The molecule has 1 aromatic heterocycles. The van der Waals surface area contributed by atoms with E-state index in [1.165, 1.54) is 34.9 Å². The molecule has 0 N–H and O–H groups in total. The van der Waals surface area contributed by atoms with E-state index in [0.717, 1.165) is 63.5 Å². The smallest absolute Gasteiger partial charge is 0.319 e. The van der Waals surface area contributed by atoms with Crippen LogP contribution in [0.15, 0.2) is 54.7 Å².